The standard InChI is InChI=1S/C4H4N2O2/c7-4-1-2-5-6(8)3-4/h1-2H,3H2. The van der Waals surface area contributed by atoms with Crippen LogP contribution in [-0.2, 0) is 4.79 Å². The van der Waals surface area contributed by atoms with Crippen LogP contribution in [0.15, 0.2) is 17.4 Å². The molecule has 4 heteroatoms. The lowest BCUT2D eigenvalue weighted by atomic mass is 10.4. The van der Waals surface area contributed by atoms with E-state index in [1.165, 1.54) is 12.3 Å². The highest BCUT2D eigenvalue weighted by Crippen LogP contribution is 1.89. The summed E-state index contributed by atoms with van der Waals surface area (Å²) in [5.74, 6) is -0.199. The van der Waals surface area contributed by atoms with Crippen LogP contribution < -0.4 is 0 Å². The van der Waals surface area contributed by atoms with Crippen LogP contribution in [0.25, 0.3) is 0 Å². The number of hydrogen-bond donors (Lipinski definition) is 0. The fourth-order valence-electron chi connectivity index (χ4n) is 0.418. The molecule has 42 valence electrons. The second-order valence-electron chi connectivity index (χ2n) is 1.41. The van der Waals surface area contributed by atoms with Gasteiger partial charge in [-0.3, -0.25) is 4.79 Å². The number of ketones is 1. The molecule has 0 unspecified atom stereocenters. The fraction of sp³-hybridized carbons (Fsp3) is 0.250. The lowest BCUT2D eigenvalue weighted by Crippen LogP contribution is -2.14. The lowest BCUT2D eigenvalue weighted by molar-refractivity contribution is -0.514. The van der Waals surface area contributed by atoms with Crippen molar-refractivity contribution in [3.05, 3.63) is 17.5 Å². The minimum atomic E-state index is -0.199. The van der Waals surface area contributed by atoms with Crippen LogP contribution in [0.1, 0.15) is 0 Å². The van der Waals surface area contributed by atoms with E-state index < -0.39 is 0 Å². The Hall–Kier alpha value is -1.19. The van der Waals surface area contributed by atoms with Gasteiger partial charge in [-0.1, -0.05) is 4.86 Å². The van der Waals surface area contributed by atoms with E-state index in [1.54, 1.807) is 0 Å². The molecule has 1 rings (SSSR count). The van der Waals surface area contributed by atoms with E-state index in [4.69, 9.17) is 0 Å². The van der Waals surface area contributed by atoms with Crippen LogP contribution >= 0.6 is 0 Å². The van der Waals surface area contributed by atoms with Crippen LogP contribution in [0, 0.1) is 5.21 Å². The van der Waals surface area contributed by atoms with Crippen LogP contribution in [-0.4, -0.2) is 17.2 Å². The molecule has 8 heavy (non-hydrogen) atoms. The van der Waals surface area contributed by atoms with Crippen LogP contribution in [0.4, 0.5) is 0 Å². The highest BCUT2D eigenvalue weighted by atomic mass is 16.5. The Morgan fingerprint density at radius 3 is 3.00 bits per heavy atom. The molecule has 0 aromatic carbocycles. The van der Waals surface area contributed by atoms with Gasteiger partial charge in [0.05, 0.1) is 6.20 Å². The van der Waals surface area contributed by atoms with Gasteiger partial charge in [0.1, 0.15) is 0 Å². The molecule has 0 aliphatic carbocycles. The van der Waals surface area contributed by atoms with Gasteiger partial charge in [-0.25, -0.2) is 0 Å². The van der Waals surface area contributed by atoms with Crippen LogP contribution in [0.5, 0.6) is 0 Å². The number of nitrogens with zero attached hydrogens (tertiary/aromatic N) is 2. The molecular formula is C4H4N2O2. The van der Waals surface area contributed by atoms with Gasteiger partial charge in [0.2, 0.25) is 12.3 Å². The summed E-state index contributed by atoms with van der Waals surface area (Å²) in [7, 11) is 0. The Balaban J connectivity index is 2.73. The zero-order valence-corrected chi connectivity index (χ0v) is 4.07. The summed E-state index contributed by atoms with van der Waals surface area (Å²) in [6.45, 7) is -0.142. The SMILES string of the molecule is O=C1C=CN=[N+]([O-])C1. The zero-order chi connectivity index (χ0) is 5.98. The summed E-state index contributed by atoms with van der Waals surface area (Å²) in [4.78, 5) is 10.6. The number of carbonyl (C=O) groups is 1. The van der Waals surface area contributed by atoms with Gasteiger partial charge in [0, 0.05) is 6.08 Å². The van der Waals surface area contributed by atoms with Gasteiger partial charge in [-0.05, 0) is 5.11 Å². The molecule has 0 aromatic rings. The molecule has 1 aliphatic rings. The van der Waals surface area contributed by atoms with Crippen molar-refractivity contribution < 1.29 is 9.66 Å². The van der Waals surface area contributed by atoms with E-state index in [0.717, 1.165) is 0 Å². The zero-order valence-electron chi connectivity index (χ0n) is 4.07. The Morgan fingerprint density at radius 1 is 1.88 bits per heavy atom. The van der Waals surface area contributed by atoms with Crippen molar-refractivity contribution in [1.82, 2.24) is 0 Å². The van der Waals surface area contributed by atoms with Gasteiger partial charge < -0.3 is 5.21 Å². The summed E-state index contributed by atoms with van der Waals surface area (Å²) < 4.78 is 0. The molecule has 4 nitrogen and oxygen atoms in total. The number of rotatable bonds is 0. The molecule has 0 bridgehead atoms. The first-order valence-corrected chi connectivity index (χ1v) is 2.14. The molecule has 0 aromatic heterocycles. The third-order valence-electron chi connectivity index (χ3n) is 0.747. The summed E-state index contributed by atoms with van der Waals surface area (Å²) in [6, 6.07) is 0. The third-order valence-corrected chi connectivity index (χ3v) is 0.747. The number of azo groups is 1. The maximum atomic E-state index is 10.3. The number of carbonyl (C=O) groups excluding carboxylic acids is 1. The van der Waals surface area contributed by atoms with Crippen molar-refractivity contribution in [3.8, 4) is 0 Å². The van der Waals surface area contributed by atoms with Crippen molar-refractivity contribution in [2.24, 2.45) is 5.11 Å². The molecular weight excluding hydrogens is 108 g/mol. The molecule has 0 saturated heterocycles. The molecule has 0 amide bonds. The van der Waals surface area contributed by atoms with Crippen molar-refractivity contribution in [2.45, 2.75) is 0 Å². The molecule has 0 radical (unpaired) electrons. The van der Waals surface area contributed by atoms with E-state index in [1.807, 2.05) is 0 Å². The second-order valence-corrected chi connectivity index (χ2v) is 1.41. The normalized spacial score (nSPS) is 18.5. The summed E-state index contributed by atoms with van der Waals surface area (Å²) in [6.07, 6.45) is 2.47. The minimum absolute atomic E-state index is 0.142. The largest absolute Gasteiger partial charge is 0.599 e. The Labute approximate surface area is 45.7 Å². The van der Waals surface area contributed by atoms with E-state index in [-0.39, 0.29) is 12.3 Å². The van der Waals surface area contributed by atoms with Gasteiger partial charge in [-0.2, -0.15) is 0 Å². The topological polar surface area (TPSA) is 55.5 Å². The van der Waals surface area contributed by atoms with Crippen molar-refractivity contribution in [1.29, 1.82) is 0 Å². The van der Waals surface area contributed by atoms with E-state index in [2.05, 4.69) is 5.11 Å². The van der Waals surface area contributed by atoms with Gasteiger partial charge in [0.25, 0.3) is 0 Å². The predicted molar refractivity (Wildman–Crippen MR) is 25.1 cm³/mol. The van der Waals surface area contributed by atoms with Gasteiger partial charge in [-0.15, -0.1) is 0 Å². The molecule has 0 spiro atoms. The maximum absolute atomic E-state index is 10.3. The molecule has 1 heterocycles. The quantitative estimate of drug-likeness (QED) is 0.328. The highest BCUT2D eigenvalue weighted by molar-refractivity contribution is 5.90. The Bertz CT molecular complexity index is 171. The Kier molecular flexibility index (Phi) is 1.07. The average Bonchev–Trinajstić information content (AvgIpc) is 1.64. The molecule has 0 saturated carbocycles. The lowest BCUT2D eigenvalue weighted by Gasteiger charge is -1.97. The molecule has 1 aliphatic heterocycles. The van der Waals surface area contributed by atoms with Gasteiger partial charge in [0.15, 0.2) is 0 Å². The van der Waals surface area contributed by atoms with E-state index in [0.29, 0.717) is 4.86 Å². The number of hydrogen-bond acceptors (Lipinski definition) is 3. The van der Waals surface area contributed by atoms with Gasteiger partial charge >= 0.3 is 0 Å². The average molecular weight is 112 g/mol. The molecule has 0 atom stereocenters. The first-order chi connectivity index (χ1) is 3.79. The summed E-state index contributed by atoms with van der Waals surface area (Å²) >= 11 is 0. The summed E-state index contributed by atoms with van der Waals surface area (Å²) in [5, 5.41) is 13.4. The smallest absolute Gasteiger partial charge is 0.242 e. The second kappa shape index (κ2) is 1.73. The van der Waals surface area contributed by atoms with E-state index >= 15 is 0 Å². The predicted octanol–water partition coefficient (Wildman–Crippen LogP) is 0.0453. The van der Waals surface area contributed by atoms with Crippen LogP contribution in [0.3, 0.4) is 0 Å². The third kappa shape index (κ3) is 0.900. The minimum Gasteiger partial charge on any atom is -0.599 e. The highest BCUT2D eigenvalue weighted by Gasteiger charge is 2.06. The first-order valence-electron chi connectivity index (χ1n) is 2.14. The fourth-order valence-corrected chi connectivity index (χ4v) is 0.418. The Morgan fingerprint density at radius 2 is 2.62 bits per heavy atom. The maximum Gasteiger partial charge on any atom is 0.242 e. The first kappa shape index (κ1) is 4.96. The van der Waals surface area contributed by atoms with Crippen molar-refractivity contribution in [3.63, 3.8) is 0 Å². The van der Waals surface area contributed by atoms with Crippen molar-refractivity contribution in [2.75, 3.05) is 6.54 Å². The van der Waals surface area contributed by atoms with Crippen molar-refractivity contribution >= 4 is 5.78 Å². The molecule has 0 fully saturated rings. The van der Waals surface area contributed by atoms with E-state index in [9.17, 15) is 10.0 Å². The van der Waals surface area contributed by atoms with Crippen LogP contribution in [0.2, 0.25) is 0 Å². The molecule has 0 N–H and O–H groups in total. The number of hydroxylamine groups is 1. The monoisotopic (exact) mass is 112 g/mol. The summed E-state index contributed by atoms with van der Waals surface area (Å²) in [5.41, 5.74) is 0.